The molecule has 0 spiro atoms. The van der Waals surface area contributed by atoms with Crippen molar-refractivity contribution in [3.8, 4) is 22.7 Å². The van der Waals surface area contributed by atoms with Crippen LogP contribution in [0.4, 0.5) is 0 Å². The van der Waals surface area contributed by atoms with Gasteiger partial charge < -0.3 is 4.74 Å². The maximum Gasteiger partial charge on any atom is 0.291 e. The molecule has 3 heterocycles. The van der Waals surface area contributed by atoms with Crippen molar-refractivity contribution >= 4 is 22.4 Å². The van der Waals surface area contributed by atoms with E-state index in [9.17, 15) is 4.79 Å². The number of aryl methyl sites for hydroxylation is 1. The van der Waals surface area contributed by atoms with Gasteiger partial charge >= 0.3 is 0 Å². The van der Waals surface area contributed by atoms with E-state index in [0.717, 1.165) is 46.7 Å². The Morgan fingerprint density at radius 3 is 2.76 bits per heavy atom. The van der Waals surface area contributed by atoms with Crippen LogP contribution in [-0.2, 0) is 0 Å². The highest BCUT2D eigenvalue weighted by molar-refractivity contribution is 7.15. The van der Waals surface area contributed by atoms with Crippen LogP contribution < -0.4 is 14.8 Å². The first-order chi connectivity index (χ1) is 16.1. The number of rotatable bonds is 7. The van der Waals surface area contributed by atoms with Gasteiger partial charge in [0.25, 0.3) is 5.56 Å². The number of benzene rings is 2. The third-order valence-corrected chi connectivity index (χ3v) is 6.36. The zero-order valence-electron chi connectivity index (χ0n) is 18.4. The van der Waals surface area contributed by atoms with Crippen LogP contribution in [0.2, 0.25) is 0 Å². The third-order valence-electron chi connectivity index (χ3n) is 5.39. The van der Waals surface area contributed by atoms with Gasteiger partial charge in [-0.25, -0.2) is 9.67 Å². The molecule has 0 aliphatic rings. The van der Waals surface area contributed by atoms with E-state index >= 15 is 0 Å². The molecular formula is C25H23N5O2S. The Morgan fingerprint density at radius 2 is 2.00 bits per heavy atom. The van der Waals surface area contributed by atoms with E-state index in [4.69, 9.17) is 9.84 Å². The molecule has 2 aromatic carbocycles. The second-order valence-corrected chi connectivity index (χ2v) is 8.77. The average molecular weight is 458 g/mol. The molecule has 0 aliphatic heterocycles. The normalized spacial score (nSPS) is 12.0. The van der Waals surface area contributed by atoms with Gasteiger partial charge in [0.05, 0.1) is 16.8 Å². The van der Waals surface area contributed by atoms with E-state index < -0.39 is 0 Å². The topological polar surface area (TPSA) is 74.3 Å². The summed E-state index contributed by atoms with van der Waals surface area (Å²) in [5.41, 5.74) is 4.47. The molecule has 5 aromatic rings. The van der Waals surface area contributed by atoms with Crippen molar-refractivity contribution in [3.05, 3.63) is 87.1 Å². The molecule has 0 unspecified atom stereocenters. The SMILES string of the molecule is CCCCOc1ccc(-c2nn(-c3ccccc3)cc2C=c2sc3ncnn3c2=O)c(C)c1. The van der Waals surface area contributed by atoms with E-state index in [1.165, 1.54) is 22.2 Å². The van der Waals surface area contributed by atoms with Crippen LogP contribution in [0.25, 0.3) is 28.0 Å². The quantitative estimate of drug-likeness (QED) is 0.345. The average Bonchev–Trinajstić information content (AvgIpc) is 3.53. The van der Waals surface area contributed by atoms with Gasteiger partial charge in [-0.05, 0) is 55.3 Å². The van der Waals surface area contributed by atoms with Gasteiger partial charge in [0.2, 0.25) is 4.96 Å². The number of nitrogens with zero attached hydrogens (tertiary/aromatic N) is 5. The summed E-state index contributed by atoms with van der Waals surface area (Å²) in [7, 11) is 0. The fourth-order valence-corrected chi connectivity index (χ4v) is 4.53. The predicted octanol–water partition coefficient (Wildman–Crippen LogP) is 4.04. The first-order valence-electron chi connectivity index (χ1n) is 10.9. The summed E-state index contributed by atoms with van der Waals surface area (Å²) >= 11 is 1.32. The largest absolute Gasteiger partial charge is 0.494 e. The summed E-state index contributed by atoms with van der Waals surface area (Å²) in [6, 6.07) is 16.0. The van der Waals surface area contributed by atoms with Gasteiger partial charge in [0.15, 0.2) is 0 Å². The lowest BCUT2D eigenvalue weighted by Gasteiger charge is -2.09. The predicted molar refractivity (Wildman–Crippen MR) is 130 cm³/mol. The molecule has 7 nitrogen and oxygen atoms in total. The molecule has 0 saturated heterocycles. The van der Waals surface area contributed by atoms with Crippen molar-refractivity contribution in [3.63, 3.8) is 0 Å². The maximum atomic E-state index is 12.8. The molecule has 8 heteroatoms. The van der Waals surface area contributed by atoms with Crippen LogP contribution in [0.3, 0.4) is 0 Å². The second kappa shape index (κ2) is 8.99. The summed E-state index contributed by atoms with van der Waals surface area (Å²) in [5.74, 6) is 0.852. The van der Waals surface area contributed by atoms with Crippen molar-refractivity contribution < 1.29 is 4.74 Å². The van der Waals surface area contributed by atoms with Gasteiger partial charge in [-0.3, -0.25) is 4.79 Å². The van der Waals surface area contributed by atoms with Crippen molar-refractivity contribution in [2.45, 2.75) is 26.7 Å². The molecule has 0 N–H and O–H groups in total. The molecule has 3 aromatic heterocycles. The van der Waals surface area contributed by atoms with Crippen molar-refractivity contribution in [2.24, 2.45) is 0 Å². The molecule has 0 amide bonds. The van der Waals surface area contributed by atoms with Gasteiger partial charge in [0, 0.05) is 17.3 Å². The number of ether oxygens (including phenoxy) is 1. The van der Waals surface area contributed by atoms with E-state index in [0.29, 0.717) is 16.1 Å². The van der Waals surface area contributed by atoms with Crippen LogP contribution in [0.1, 0.15) is 30.9 Å². The third kappa shape index (κ3) is 4.17. The van der Waals surface area contributed by atoms with Gasteiger partial charge in [0.1, 0.15) is 17.8 Å². The first-order valence-corrected chi connectivity index (χ1v) is 11.7. The first kappa shape index (κ1) is 21.1. The Hall–Kier alpha value is -3.78. The Kier molecular flexibility index (Phi) is 5.75. The lowest BCUT2D eigenvalue weighted by Crippen LogP contribution is -2.23. The fraction of sp³-hybridized carbons (Fsp3) is 0.200. The number of hydrogen-bond donors (Lipinski definition) is 0. The summed E-state index contributed by atoms with van der Waals surface area (Å²) in [6.07, 6.45) is 7.33. The van der Waals surface area contributed by atoms with Crippen molar-refractivity contribution in [2.75, 3.05) is 6.61 Å². The number of thiazole rings is 1. The molecule has 0 aliphatic carbocycles. The summed E-state index contributed by atoms with van der Waals surface area (Å²) < 4.78 is 9.60. The minimum atomic E-state index is -0.178. The molecule has 0 atom stereocenters. The highest BCUT2D eigenvalue weighted by Crippen LogP contribution is 2.30. The molecule has 166 valence electrons. The van der Waals surface area contributed by atoms with Crippen molar-refractivity contribution in [1.82, 2.24) is 24.4 Å². The van der Waals surface area contributed by atoms with Crippen LogP contribution in [0.5, 0.6) is 5.75 Å². The van der Waals surface area contributed by atoms with Gasteiger partial charge in [-0.2, -0.15) is 14.7 Å². The summed E-state index contributed by atoms with van der Waals surface area (Å²) in [4.78, 5) is 17.5. The van der Waals surface area contributed by atoms with E-state index in [2.05, 4.69) is 23.9 Å². The highest BCUT2D eigenvalue weighted by Gasteiger charge is 2.15. The fourth-order valence-electron chi connectivity index (χ4n) is 3.66. The number of fused-ring (bicyclic) bond motifs is 1. The lowest BCUT2D eigenvalue weighted by molar-refractivity contribution is 0.309. The minimum Gasteiger partial charge on any atom is -0.494 e. The summed E-state index contributed by atoms with van der Waals surface area (Å²) in [5, 5.41) is 8.91. The molecule has 0 bridgehead atoms. The van der Waals surface area contributed by atoms with E-state index in [1.54, 1.807) is 0 Å². The minimum absolute atomic E-state index is 0.178. The maximum absolute atomic E-state index is 12.8. The molecule has 0 fully saturated rings. The smallest absolute Gasteiger partial charge is 0.291 e. The Labute approximate surface area is 194 Å². The molecule has 0 saturated carbocycles. The zero-order valence-corrected chi connectivity index (χ0v) is 19.2. The Bertz CT molecular complexity index is 1520. The van der Waals surface area contributed by atoms with Crippen LogP contribution in [0, 0.1) is 6.92 Å². The van der Waals surface area contributed by atoms with Crippen molar-refractivity contribution in [1.29, 1.82) is 0 Å². The lowest BCUT2D eigenvalue weighted by atomic mass is 10.0. The number of para-hydroxylation sites is 1. The standard InChI is InChI=1S/C25H23N5O2S/c1-3-4-12-32-20-10-11-21(17(2)13-20)23-18(15-29(28-23)19-8-6-5-7-9-19)14-22-24(31)30-25(33-22)26-16-27-30/h5-11,13-16H,3-4,12H2,1-2H3. The summed E-state index contributed by atoms with van der Waals surface area (Å²) in [6.45, 7) is 4.90. The van der Waals surface area contributed by atoms with Crippen LogP contribution >= 0.6 is 11.3 Å². The van der Waals surface area contributed by atoms with E-state index in [-0.39, 0.29) is 5.56 Å². The van der Waals surface area contributed by atoms with Crippen LogP contribution in [-0.4, -0.2) is 31.0 Å². The molecule has 33 heavy (non-hydrogen) atoms. The number of aromatic nitrogens is 5. The van der Waals surface area contributed by atoms with Gasteiger partial charge in [-0.15, -0.1) is 0 Å². The molecule has 5 rings (SSSR count). The van der Waals surface area contributed by atoms with Crippen LogP contribution in [0.15, 0.2) is 65.8 Å². The molecular weight excluding hydrogens is 434 g/mol. The molecule has 0 radical (unpaired) electrons. The van der Waals surface area contributed by atoms with Gasteiger partial charge in [-0.1, -0.05) is 42.9 Å². The monoisotopic (exact) mass is 457 g/mol. The second-order valence-electron chi connectivity index (χ2n) is 7.76. The Balaban J connectivity index is 1.63. The highest BCUT2D eigenvalue weighted by atomic mass is 32.1. The number of unbranched alkanes of at least 4 members (excludes halogenated alkanes) is 1. The Morgan fingerprint density at radius 1 is 1.15 bits per heavy atom. The van der Waals surface area contributed by atoms with E-state index in [1.807, 2.05) is 65.5 Å². The number of hydrogen-bond acceptors (Lipinski definition) is 6. The zero-order chi connectivity index (χ0) is 22.8.